The number of ether oxygens (including phenoxy) is 2. The van der Waals surface area contributed by atoms with Crippen LogP contribution >= 0.6 is 0 Å². The van der Waals surface area contributed by atoms with Gasteiger partial charge in [0, 0.05) is 0 Å². The fourth-order valence-electron chi connectivity index (χ4n) is 1.19. The molecule has 1 saturated heterocycles. The summed E-state index contributed by atoms with van der Waals surface area (Å²) in [6.45, 7) is 3.29. The normalized spacial score (nSPS) is 18.7. The van der Waals surface area contributed by atoms with E-state index in [9.17, 15) is 0 Å². The van der Waals surface area contributed by atoms with Gasteiger partial charge in [-0.25, -0.2) is 0 Å². The molecule has 0 aliphatic carbocycles. The Labute approximate surface area is 82.9 Å². The highest BCUT2D eigenvalue weighted by molar-refractivity contribution is 5.45. The van der Waals surface area contributed by atoms with Crippen LogP contribution in [0.4, 0.5) is 0 Å². The van der Waals surface area contributed by atoms with Crippen molar-refractivity contribution in [3.63, 3.8) is 0 Å². The van der Waals surface area contributed by atoms with E-state index in [-0.39, 0.29) is 6.10 Å². The minimum Gasteiger partial charge on any atom is -0.489 e. The van der Waals surface area contributed by atoms with Gasteiger partial charge in [0.25, 0.3) is 0 Å². The first-order valence-electron chi connectivity index (χ1n) is 4.55. The van der Waals surface area contributed by atoms with E-state index in [2.05, 4.69) is 6.07 Å². The monoisotopic (exact) mass is 189 g/mol. The van der Waals surface area contributed by atoms with Gasteiger partial charge in [0.05, 0.1) is 12.2 Å². The first-order chi connectivity index (χ1) is 6.79. The molecule has 1 fully saturated rings. The summed E-state index contributed by atoms with van der Waals surface area (Å²) in [7, 11) is 0. The molecule has 3 heteroatoms. The Kier molecular flexibility index (Phi) is 2.38. The molecule has 3 nitrogen and oxygen atoms in total. The lowest BCUT2D eigenvalue weighted by Gasteiger charge is -2.06. The summed E-state index contributed by atoms with van der Waals surface area (Å²) < 4.78 is 10.5. The molecule has 1 atom stereocenters. The topological polar surface area (TPSA) is 45.5 Å². The number of epoxide rings is 1. The van der Waals surface area contributed by atoms with Crippen LogP contribution in [0.25, 0.3) is 0 Å². The van der Waals surface area contributed by atoms with Gasteiger partial charge in [-0.3, -0.25) is 0 Å². The maximum absolute atomic E-state index is 8.83. The zero-order valence-corrected chi connectivity index (χ0v) is 7.99. The average molecular weight is 189 g/mol. The van der Waals surface area contributed by atoms with Gasteiger partial charge in [0.2, 0.25) is 0 Å². The van der Waals surface area contributed by atoms with Crippen molar-refractivity contribution in [3.05, 3.63) is 29.3 Å². The molecule has 1 heterocycles. The van der Waals surface area contributed by atoms with Crippen molar-refractivity contribution in [1.29, 1.82) is 5.26 Å². The zero-order chi connectivity index (χ0) is 9.97. The molecule has 72 valence electrons. The van der Waals surface area contributed by atoms with Gasteiger partial charge in [-0.15, -0.1) is 0 Å². The number of aryl methyl sites for hydroxylation is 1. The molecule has 0 amide bonds. The molecular weight excluding hydrogens is 178 g/mol. The van der Waals surface area contributed by atoms with E-state index in [0.717, 1.165) is 12.2 Å². The average Bonchev–Trinajstić information content (AvgIpc) is 2.98. The zero-order valence-electron chi connectivity index (χ0n) is 7.99. The quantitative estimate of drug-likeness (QED) is 0.679. The van der Waals surface area contributed by atoms with Crippen LogP contribution in [-0.4, -0.2) is 19.3 Å². The van der Waals surface area contributed by atoms with E-state index in [4.69, 9.17) is 14.7 Å². The Morgan fingerprint density at radius 3 is 3.07 bits per heavy atom. The van der Waals surface area contributed by atoms with Crippen molar-refractivity contribution >= 4 is 0 Å². The molecule has 0 bridgehead atoms. The summed E-state index contributed by atoms with van der Waals surface area (Å²) in [5.41, 5.74) is 1.67. The highest BCUT2D eigenvalue weighted by Crippen LogP contribution is 2.21. The number of benzene rings is 1. The summed E-state index contributed by atoms with van der Waals surface area (Å²) in [4.78, 5) is 0. The predicted molar refractivity (Wildman–Crippen MR) is 51.1 cm³/mol. The maximum Gasteiger partial charge on any atom is 0.137 e. The van der Waals surface area contributed by atoms with E-state index in [1.54, 1.807) is 6.07 Å². The van der Waals surface area contributed by atoms with Crippen LogP contribution in [0.5, 0.6) is 5.75 Å². The molecule has 1 aromatic rings. The van der Waals surface area contributed by atoms with Crippen LogP contribution < -0.4 is 4.74 Å². The second kappa shape index (κ2) is 3.69. The number of rotatable bonds is 3. The van der Waals surface area contributed by atoms with Crippen molar-refractivity contribution < 1.29 is 9.47 Å². The smallest absolute Gasteiger partial charge is 0.137 e. The summed E-state index contributed by atoms with van der Waals surface area (Å²) >= 11 is 0. The van der Waals surface area contributed by atoms with E-state index in [0.29, 0.717) is 17.9 Å². The number of nitrogens with zero attached hydrogens (tertiary/aromatic N) is 1. The second-order valence-corrected chi connectivity index (χ2v) is 3.38. The Balaban J connectivity index is 2.12. The number of nitriles is 1. The summed E-state index contributed by atoms with van der Waals surface area (Å²) in [5, 5.41) is 8.83. The minimum absolute atomic E-state index is 0.224. The van der Waals surface area contributed by atoms with Gasteiger partial charge in [-0.2, -0.15) is 5.26 Å². The van der Waals surface area contributed by atoms with Crippen molar-refractivity contribution in [2.24, 2.45) is 0 Å². The molecule has 1 aliphatic heterocycles. The number of hydrogen-bond donors (Lipinski definition) is 0. The molecule has 0 saturated carbocycles. The first-order valence-corrected chi connectivity index (χ1v) is 4.55. The van der Waals surface area contributed by atoms with Crippen molar-refractivity contribution in [2.75, 3.05) is 13.2 Å². The molecule has 0 unspecified atom stereocenters. The van der Waals surface area contributed by atoms with E-state index in [1.807, 2.05) is 19.1 Å². The van der Waals surface area contributed by atoms with Crippen LogP contribution in [-0.2, 0) is 4.74 Å². The predicted octanol–water partition coefficient (Wildman–Crippen LogP) is 1.64. The lowest BCUT2D eigenvalue weighted by Crippen LogP contribution is -2.05. The highest BCUT2D eigenvalue weighted by atomic mass is 16.6. The Morgan fingerprint density at radius 2 is 2.43 bits per heavy atom. The first kappa shape index (κ1) is 9.04. The fraction of sp³-hybridized carbons (Fsp3) is 0.364. The minimum atomic E-state index is 0.224. The van der Waals surface area contributed by atoms with Crippen LogP contribution in [0, 0.1) is 18.3 Å². The molecular formula is C11H11NO2. The van der Waals surface area contributed by atoms with Crippen molar-refractivity contribution in [2.45, 2.75) is 13.0 Å². The van der Waals surface area contributed by atoms with E-state index < -0.39 is 0 Å². The van der Waals surface area contributed by atoms with Crippen LogP contribution in [0.3, 0.4) is 0 Å². The van der Waals surface area contributed by atoms with Gasteiger partial charge >= 0.3 is 0 Å². The molecule has 0 radical (unpaired) electrons. The van der Waals surface area contributed by atoms with Gasteiger partial charge in [0.15, 0.2) is 0 Å². The molecule has 0 aromatic heterocycles. The SMILES string of the molecule is Cc1ccc(C#N)c(OC[C@@H]2CO2)c1. The standard InChI is InChI=1S/C11H11NO2/c1-8-2-3-9(5-12)11(4-8)14-7-10-6-13-10/h2-4,10H,6-7H2,1H3/t10-/m0/s1. The molecule has 1 aromatic carbocycles. The molecule has 2 rings (SSSR count). The Morgan fingerprint density at radius 1 is 1.64 bits per heavy atom. The van der Waals surface area contributed by atoms with Crippen LogP contribution in [0.1, 0.15) is 11.1 Å². The summed E-state index contributed by atoms with van der Waals surface area (Å²) in [5.74, 6) is 0.656. The third-order valence-corrected chi connectivity index (χ3v) is 2.08. The third-order valence-electron chi connectivity index (χ3n) is 2.08. The summed E-state index contributed by atoms with van der Waals surface area (Å²) in [6.07, 6.45) is 0.224. The Hall–Kier alpha value is -1.53. The van der Waals surface area contributed by atoms with Gasteiger partial charge in [0.1, 0.15) is 24.5 Å². The second-order valence-electron chi connectivity index (χ2n) is 3.38. The Bertz CT molecular complexity index is 377. The lowest BCUT2D eigenvalue weighted by molar-refractivity contribution is 0.262. The third kappa shape index (κ3) is 2.04. The molecule has 0 N–H and O–H groups in total. The largest absolute Gasteiger partial charge is 0.489 e. The van der Waals surface area contributed by atoms with Gasteiger partial charge < -0.3 is 9.47 Å². The summed E-state index contributed by atoms with van der Waals surface area (Å²) in [6, 6.07) is 7.66. The molecule has 0 spiro atoms. The van der Waals surface area contributed by atoms with E-state index >= 15 is 0 Å². The lowest BCUT2D eigenvalue weighted by atomic mass is 10.1. The van der Waals surface area contributed by atoms with Crippen molar-refractivity contribution in [1.82, 2.24) is 0 Å². The van der Waals surface area contributed by atoms with Crippen molar-refractivity contribution in [3.8, 4) is 11.8 Å². The maximum atomic E-state index is 8.83. The fourth-order valence-corrected chi connectivity index (χ4v) is 1.19. The molecule has 14 heavy (non-hydrogen) atoms. The molecule has 1 aliphatic rings. The van der Waals surface area contributed by atoms with Gasteiger partial charge in [-0.1, -0.05) is 6.07 Å². The van der Waals surface area contributed by atoms with E-state index in [1.165, 1.54) is 0 Å². The van der Waals surface area contributed by atoms with Crippen LogP contribution in [0.15, 0.2) is 18.2 Å². The highest BCUT2D eigenvalue weighted by Gasteiger charge is 2.23. The van der Waals surface area contributed by atoms with Gasteiger partial charge in [-0.05, 0) is 24.6 Å². The van der Waals surface area contributed by atoms with Crippen LogP contribution in [0.2, 0.25) is 0 Å². The number of hydrogen-bond acceptors (Lipinski definition) is 3.